The van der Waals surface area contributed by atoms with Crippen LogP contribution in [0.4, 0.5) is 8.78 Å². The first kappa shape index (κ1) is 9.51. The Labute approximate surface area is 79.7 Å². The fraction of sp³-hybridized carbons (Fsp3) is 0.750. The van der Waals surface area contributed by atoms with Crippen molar-refractivity contribution >= 4 is 0 Å². The highest BCUT2D eigenvalue weighted by Crippen LogP contribution is 2.37. The minimum absolute atomic E-state index is 0.0971. The van der Waals surface area contributed by atoms with E-state index in [-0.39, 0.29) is 18.9 Å². The molecular weight excluding hydrogens is 192 g/mol. The van der Waals surface area contributed by atoms with E-state index in [9.17, 15) is 8.78 Å². The summed E-state index contributed by atoms with van der Waals surface area (Å²) in [4.78, 5) is 0. The molecule has 1 heterocycles. The lowest BCUT2D eigenvalue weighted by molar-refractivity contribution is -0.0933. The van der Waals surface area contributed by atoms with Crippen LogP contribution in [-0.4, -0.2) is 22.2 Å². The van der Waals surface area contributed by atoms with Crippen LogP contribution >= 0.6 is 0 Å². The van der Waals surface area contributed by atoms with Gasteiger partial charge in [-0.25, -0.2) is 8.78 Å². The summed E-state index contributed by atoms with van der Waals surface area (Å²) in [6.07, 6.45) is -0.194. The van der Waals surface area contributed by atoms with Gasteiger partial charge in [0.15, 0.2) is 0 Å². The van der Waals surface area contributed by atoms with Gasteiger partial charge in [0.1, 0.15) is 0 Å². The Kier molecular flexibility index (Phi) is 2.22. The Morgan fingerprint density at radius 2 is 2.21 bits per heavy atom. The predicted molar refractivity (Wildman–Crippen MR) is 43.8 cm³/mol. The van der Waals surface area contributed by atoms with E-state index in [4.69, 9.17) is 4.42 Å². The lowest BCUT2D eigenvalue weighted by atomic mass is 9.88. The van der Waals surface area contributed by atoms with Crippen molar-refractivity contribution in [3.8, 4) is 0 Å². The molecule has 0 aliphatic heterocycles. The van der Waals surface area contributed by atoms with Crippen molar-refractivity contribution in [1.29, 1.82) is 0 Å². The second-order valence-electron chi connectivity index (χ2n) is 3.56. The quantitative estimate of drug-likeness (QED) is 0.803. The molecule has 2 rings (SSSR count). The molecule has 0 radical (unpaired) electrons. The van der Waals surface area contributed by atoms with E-state index in [2.05, 4.69) is 15.5 Å². The van der Waals surface area contributed by atoms with Crippen LogP contribution in [0.2, 0.25) is 0 Å². The number of aromatic nitrogens is 2. The third-order valence-electron chi connectivity index (χ3n) is 2.20. The van der Waals surface area contributed by atoms with Crippen molar-refractivity contribution < 1.29 is 13.2 Å². The van der Waals surface area contributed by atoms with Gasteiger partial charge < -0.3 is 9.73 Å². The Morgan fingerprint density at radius 1 is 1.50 bits per heavy atom. The minimum atomic E-state index is -2.48. The minimum Gasteiger partial charge on any atom is -0.424 e. The lowest BCUT2D eigenvalue weighted by Crippen LogP contribution is -2.48. The summed E-state index contributed by atoms with van der Waals surface area (Å²) in [6, 6.07) is -0.128. The summed E-state index contributed by atoms with van der Waals surface area (Å²) < 4.78 is 29.9. The monoisotopic (exact) mass is 203 g/mol. The fourth-order valence-corrected chi connectivity index (χ4v) is 1.45. The molecule has 1 aliphatic rings. The van der Waals surface area contributed by atoms with Gasteiger partial charge in [-0.1, -0.05) is 0 Å². The molecule has 0 spiro atoms. The molecule has 6 heteroatoms. The van der Waals surface area contributed by atoms with Crippen LogP contribution in [0.5, 0.6) is 0 Å². The van der Waals surface area contributed by atoms with E-state index in [1.165, 1.54) is 0 Å². The van der Waals surface area contributed by atoms with Gasteiger partial charge in [-0.05, 0) is 0 Å². The van der Waals surface area contributed by atoms with Crippen LogP contribution < -0.4 is 5.32 Å². The van der Waals surface area contributed by atoms with E-state index in [0.717, 1.165) is 0 Å². The highest BCUT2D eigenvalue weighted by atomic mass is 19.3. The summed E-state index contributed by atoms with van der Waals surface area (Å²) >= 11 is 0. The number of hydrogen-bond donors (Lipinski definition) is 1. The van der Waals surface area contributed by atoms with Crippen molar-refractivity contribution in [3.05, 3.63) is 11.8 Å². The van der Waals surface area contributed by atoms with E-state index in [1.807, 2.05) is 0 Å². The van der Waals surface area contributed by atoms with Crippen LogP contribution in [-0.2, 0) is 6.54 Å². The molecule has 1 aromatic heterocycles. The van der Waals surface area contributed by atoms with Gasteiger partial charge in [-0.3, -0.25) is 0 Å². The molecule has 1 aliphatic carbocycles. The van der Waals surface area contributed by atoms with E-state index >= 15 is 0 Å². The van der Waals surface area contributed by atoms with Gasteiger partial charge in [0.05, 0.1) is 6.54 Å². The maximum absolute atomic E-state index is 12.4. The smallest absolute Gasteiger partial charge is 0.251 e. The van der Waals surface area contributed by atoms with Crippen molar-refractivity contribution in [2.75, 3.05) is 0 Å². The molecule has 1 aromatic rings. The molecule has 14 heavy (non-hydrogen) atoms. The number of alkyl halides is 2. The fourth-order valence-electron chi connectivity index (χ4n) is 1.45. The van der Waals surface area contributed by atoms with Gasteiger partial charge in [-0.15, -0.1) is 10.2 Å². The molecule has 0 unspecified atom stereocenters. The van der Waals surface area contributed by atoms with E-state index < -0.39 is 5.92 Å². The van der Waals surface area contributed by atoms with Gasteiger partial charge in [-0.2, -0.15) is 0 Å². The van der Waals surface area contributed by atoms with Crippen molar-refractivity contribution in [2.45, 2.75) is 38.3 Å². The normalized spacial score (nSPS) is 20.8. The maximum atomic E-state index is 12.4. The SMILES string of the molecule is Cc1nnc(CNC2CC(F)(F)C2)o1. The molecule has 0 atom stereocenters. The zero-order valence-electron chi connectivity index (χ0n) is 7.76. The van der Waals surface area contributed by atoms with Crippen LogP contribution in [0, 0.1) is 6.92 Å². The second-order valence-corrected chi connectivity index (χ2v) is 3.56. The zero-order chi connectivity index (χ0) is 10.2. The second kappa shape index (κ2) is 3.27. The van der Waals surface area contributed by atoms with Gasteiger partial charge >= 0.3 is 0 Å². The number of rotatable bonds is 3. The average Bonchev–Trinajstić information content (AvgIpc) is 2.44. The van der Waals surface area contributed by atoms with Crippen molar-refractivity contribution in [3.63, 3.8) is 0 Å². The maximum Gasteiger partial charge on any atom is 0.251 e. The summed E-state index contributed by atoms with van der Waals surface area (Å²) in [7, 11) is 0. The third kappa shape index (κ3) is 2.06. The number of aryl methyl sites for hydroxylation is 1. The number of halogens is 2. The first-order valence-corrected chi connectivity index (χ1v) is 4.45. The first-order valence-electron chi connectivity index (χ1n) is 4.45. The number of hydrogen-bond acceptors (Lipinski definition) is 4. The topological polar surface area (TPSA) is 51.0 Å². The highest BCUT2D eigenvalue weighted by molar-refractivity contribution is 4.92. The van der Waals surface area contributed by atoms with Gasteiger partial charge in [0.25, 0.3) is 5.92 Å². The molecule has 1 fully saturated rings. The molecule has 1 N–H and O–H groups in total. The summed E-state index contributed by atoms with van der Waals surface area (Å²) in [6.45, 7) is 2.05. The third-order valence-corrected chi connectivity index (χ3v) is 2.20. The Balaban J connectivity index is 1.74. The van der Waals surface area contributed by atoms with Crippen LogP contribution in [0.15, 0.2) is 4.42 Å². The zero-order valence-corrected chi connectivity index (χ0v) is 7.76. The van der Waals surface area contributed by atoms with Gasteiger partial charge in [0, 0.05) is 25.8 Å². The van der Waals surface area contributed by atoms with Crippen LogP contribution in [0.3, 0.4) is 0 Å². The largest absolute Gasteiger partial charge is 0.424 e. The molecule has 4 nitrogen and oxygen atoms in total. The highest BCUT2D eigenvalue weighted by Gasteiger charge is 2.44. The Hall–Kier alpha value is -1.04. The average molecular weight is 203 g/mol. The van der Waals surface area contributed by atoms with Crippen LogP contribution in [0.1, 0.15) is 24.6 Å². The van der Waals surface area contributed by atoms with Gasteiger partial charge in [0.2, 0.25) is 11.8 Å². The molecule has 78 valence electrons. The summed E-state index contributed by atoms with van der Waals surface area (Å²) in [5, 5.41) is 10.3. The lowest BCUT2D eigenvalue weighted by Gasteiger charge is -2.35. The summed E-state index contributed by atoms with van der Waals surface area (Å²) in [5.41, 5.74) is 0. The van der Waals surface area contributed by atoms with E-state index in [0.29, 0.717) is 18.3 Å². The standard InChI is InChI=1S/C8H11F2N3O/c1-5-12-13-7(14-5)4-11-6-2-8(9,10)3-6/h6,11H,2-4H2,1H3. The van der Waals surface area contributed by atoms with Crippen LogP contribution in [0.25, 0.3) is 0 Å². The first-order chi connectivity index (χ1) is 6.55. The molecule has 0 aromatic carbocycles. The Bertz CT molecular complexity index is 318. The molecule has 0 saturated heterocycles. The van der Waals surface area contributed by atoms with Crippen molar-refractivity contribution in [2.24, 2.45) is 0 Å². The predicted octanol–water partition coefficient (Wildman–Crippen LogP) is 1.27. The molecular formula is C8H11F2N3O. The number of nitrogens with zero attached hydrogens (tertiary/aromatic N) is 2. The molecule has 0 amide bonds. The van der Waals surface area contributed by atoms with E-state index in [1.54, 1.807) is 6.92 Å². The summed E-state index contributed by atoms with van der Waals surface area (Å²) in [5.74, 6) is -1.55. The molecule has 1 saturated carbocycles. The van der Waals surface area contributed by atoms with Crippen molar-refractivity contribution in [1.82, 2.24) is 15.5 Å². The molecule has 0 bridgehead atoms. The number of nitrogens with one attached hydrogen (secondary N) is 1. The Morgan fingerprint density at radius 3 is 2.71 bits per heavy atom.